The van der Waals surface area contributed by atoms with E-state index in [1.807, 2.05) is 74.5 Å². The third kappa shape index (κ3) is 4.76. The maximum atomic E-state index is 6.58. The van der Waals surface area contributed by atoms with Crippen molar-refractivity contribution >= 4 is 11.8 Å². The molecule has 1 heterocycles. The van der Waals surface area contributed by atoms with Crippen LogP contribution in [0.15, 0.2) is 54.6 Å². The monoisotopic (exact) mass is 462 g/mol. The van der Waals surface area contributed by atoms with E-state index in [1.54, 1.807) is 21.3 Å². The SMILES string of the molecule is CCOc1cc(OCC)c2c(c1)/C(=C/c1ccc(OC)cc1)OC2c1cc(OC)cc(OC)c1. The Morgan fingerprint density at radius 1 is 0.735 bits per heavy atom. The average molecular weight is 463 g/mol. The third-order valence-corrected chi connectivity index (χ3v) is 5.59. The fraction of sp³-hybridized carbons (Fsp3) is 0.286. The van der Waals surface area contributed by atoms with Crippen LogP contribution in [0, 0.1) is 0 Å². The molecule has 4 rings (SSSR count). The molecule has 1 unspecified atom stereocenters. The molecule has 3 aromatic rings. The van der Waals surface area contributed by atoms with Crippen molar-refractivity contribution in [3.8, 4) is 28.7 Å². The van der Waals surface area contributed by atoms with Crippen LogP contribution in [-0.2, 0) is 4.74 Å². The molecule has 0 bridgehead atoms. The lowest BCUT2D eigenvalue weighted by molar-refractivity contribution is 0.222. The summed E-state index contributed by atoms with van der Waals surface area (Å²) in [5.74, 6) is 4.38. The minimum atomic E-state index is -0.402. The fourth-order valence-electron chi connectivity index (χ4n) is 4.03. The summed E-state index contributed by atoms with van der Waals surface area (Å²) in [5, 5.41) is 0. The molecular weight excluding hydrogens is 432 g/mol. The minimum Gasteiger partial charge on any atom is -0.497 e. The smallest absolute Gasteiger partial charge is 0.153 e. The zero-order chi connectivity index (χ0) is 24.1. The van der Waals surface area contributed by atoms with Gasteiger partial charge in [-0.15, -0.1) is 0 Å². The Kier molecular flexibility index (Phi) is 7.16. The van der Waals surface area contributed by atoms with Crippen molar-refractivity contribution in [2.45, 2.75) is 20.0 Å². The Morgan fingerprint density at radius 3 is 1.97 bits per heavy atom. The highest BCUT2D eigenvalue weighted by atomic mass is 16.5. The first-order chi connectivity index (χ1) is 16.6. The first kappa shape index (κ1) is 23.4. The highest BCUT2D eigenvalue weighted by Gasteiger charge is 2.34. The highest BCUT2D eigenvalue weighted by Crippen LogP contribution is 2.50. The molecule has 0 amide bonds. The lowest BCUT2D eigenvalue weighted by Crippen LogP contribution is -2.04. The van der Waals surface area contributed by atoms with E-state index < -0.39 is 6.10 Å². The predicted molar refractivity (Wildman–Crippen MR) is 132 cm³/mol. The summed E-state index contributed by atoms with van der Waals surface area (Å²) in [5.41, 5.74) is 3.77. The van der Waals surface area contributed by atoms with Crippen LogP contribution in [0.1, 0.15) is 42.2 Å². The van der Waals surface area contributed by atoms with E-state index in [0.717, 1.165) is 45.3 Å². The van der Waals surface area contributed by atoms with Crippen LogP contribution in [0.3, 0.4) is 0 Å². The number of methoxy groups -OCH3 is 3. The molecule has 0 radical (unpaired) electrons. The van der Waals surface area contributed by atoms with Crippen molar-refractivity contribution in [2.75, 3.05) is 34.5 Å². The summed E-state index contributed by atoms with van der Waals surface area (Å²) < 4.78 is 34.8. The second-order valence-electron chi connectivity index (χ2n) is 7.67. The fourth-order valence-corrected chi connectivity index (χ4v) is 4.03. The number of hydrogen-bond acceptors (Lipinski definition) is 6. The third-order valence-electron chi connectivity index (χ3n) is 5.59. The molecule has 0 saturated heterocycles. The van der Waals surface area contributed by atoms with Gasteiger partial charge >= 0.3 is 0 Å². The topological polar surface area (TPSA) is 55.4 Å². The first-order valence-corrected chi connectivity index (χ1v) is 11.3. The van der Waals surface area contributed by atoms with E-state index in [9.17, 15) is 0 Å². The van der Waals surface area contributed by atoms with Gasteiger partial charge in [-0.1, -0.05) is 12.1 Å². The molecule has 0 aliphatic carbocycles. The Morgan fingerprint density at radius 2 is 1.38 bits per heavy atom. The average Bonchev–Trinajstić information content (AvgIpc) is 3.23. The molecule has 178 valence electrons. The molecule has 0 saturated carbocycles. The normalized spacial score (nSPS) is 15.4. The Balaban J connectivity index is 1.88. The van der Waals surface area contributed by atoms with Crippen LogP contribution in [0.2, 0.25) is 0 Å². The van der Waals surface area contributed by atoms with Crippen molar-refractivity contribution < 1.29 is 28.4 Å². The molecule has 1 atom stereocenters. The summed E-state index contributed by atoms with van der Waals surface area (Å²) in [6.45, 7) is 5.00. The number of hydrogen-bond donors (Lipinski definition) is 0. The van der Waals surface area contributed by atoms with Crippen LogP contribution >= 0.6 is 0 Å². The van der Waals surface area contributed by atoms with Gasteiger partial charge in [0.15, 0.2) is 6.10 Å². The van der Waals surface area contributed by atoms with Gasteiger partial charge in [-0.25, -0.2) is 0 Å². The van der Waals surface area contributed by atoms with E-state index in [4.69, 9.17) is 28.4 Å². The predicted octanol–water partition coefficient (Wildman–Crippen LogP) is 6.13. The Labute approximate surface area is 200 Å². The summed E-state index contributed by atoms with van der Waals surface area (Å²) in [6.07, 6.45) is 1.61. The van der Waals surface area contributed by atoms with Crippen LogP contribution < -0.4 is 23.7 Å². The van der Waals surface area contributed by atoms with Crippen molar-refractivity contribution in [3.63, 3.8) is 0 Å². The van der Waals surface area contributed by atoms with E-state index in [1.165, 1.54) is 0 Å². The van der Waals surface area contributed by atoms with E-state index >= 15 is 0 Å². The zero-order valence-electron chi connectivity index (χ0n) is 20.2. The molecule has 3 aromatic carbocycles. The standard InChI is InChI=1S/C28H30O6/c1-6-32-23-16-24-25(12-18-8-10-20(29-3)11-9-18)34-28(27(24)26(17-23)33-7-2)19-13-21(30-4)15-22(14-19)31-5/h8-17,28H,6-7H2,1-5H3/b25-12-. The lowest BCUT2D eigenvalue weighted by Gasteiger charge is -2.18. The maximum absolute atomic E-state index is 6.58. The van der Waals surface area contributed by atoms with Gasteiger partial charge in [-0.3, -0.25) is 0 Å². The summed E-state index contributed by atoms with van der Waals surface area (Å²) in [6, 6.07) is 17.5. The summed E-state index contributed by atoms with van der Waals surface area (Å²) in [7, 11) is 4.93. The van der Waals surface area contributed by atoms with Crippen molar-refractivity contribution in [2.24, 2.45) is 0 Å². The van der Waals surface area contributed by atoms with E-state index in [-0.39, 0.29) is 0 Å². The van der Waals surface area contributed by atoms with Gasteiger partial charge in [-0.2, -0.15) is 0 Å². The maximum Gasteiger partial charge on any atom is 0.153 e. The molecular formula is C28H30O6. The number of fused-ring (bicyclic) bond motifs is 1. The Bertz CT molecular complexity index is 1140. The quantitative estimate of drug-likeness (QED) is 0.381. The zero-order valence-corrected chi connectivity index (χ0v) is 20.2. The van der Waals surface area contributed by atoms with Gasteiger partial charge in [0.2, 0.25) is 0 Å². The van der Waals surface area contributed by atoms with Gasteiger partial charge in [-0.05, 0) is 55.8 Å². The molecule has 1 aliphatic heterocycles. The summed E-state index contributed by atoms with van der Waals surface area (Å²) >= 11 is 0. The van der Waals surface area contributed by atoms with Crippen molar-refractivity contribution in [1.29, 1.82) is 0 Å². The Hall–Kier alpha value is -3.80. The number of benzene rings is 3. The van der Waals surface area contributed by atoms with Crippen LogP contribution in [-0.4, -0.2) is 34.5 Å². The van der Waals surface area contributed by atoms with Gasteiger partial charge in [0.1, 0.15) is 34.5 Å². The largest absolute Gasteiger partial charge is 0.497 e. The summed E-state index contributed by atoms with van der Waals surface area (Å²) in [4.78, 5) is 0. The second-order valence-corrected chi connectivity index (χ2v) is 7.67. The number of ether oxygens (including phenoxy) is 6. The molecule has 0 N–H and O–H groups in total. The van der Waals surface area contributed by atoms with Crippen LogP contribution in [0.25, 0.3) is 11.8 Å². The molecule has 0 spiro atoms. The molecule has 34 heavy (non-hydrogen) atoms. The van der Waals surface area contributed by atoms with Gasteiger partial charge in [0.25, 0.3) is 0 Å². The van der Waals surface area contributed by atoms with Crippen molar-refractivity contribution in [3.05, 3.63) is 76.9 Å². The van der Waals surface area contributed by atoms with Gasteiger partial charge in [0.05, 0.1) is 40.1 Å². The second kappa shape index (κ2) is 10.4. The van der Waals surface area contributed by atoms with Gasteiger partial charge in [0, 0.05) is 23.3 Å². The molecule has 6 nitrogen and oxygen atoms in total. The molecule has 0 aromatic heterocycles. The highest BCUT2D eigenvalue weighted by molar-refractivity contribution is 5.84. The van der Waals surface area contributed by atoms with E-state index in [0.29, 0.717) is 24.7 Å². The van der Waals surface area contributed by atoms with Crippen LogP contribution in [0.5, 0.6) is 28.7 Å². The molecule has 0 fully saturated rings. The number of rotatable bonds is 9. The minimum absolute atomic E-state index is 0.402. The van der Waals surface area contributed by atoms with Gasteiger partial charge < -0.3 is 28.4 Å². The van der Waals surface area contributed by atoms with E-state index in [2.05, 4.69) is 0 Å². The molecule has 6 heteroatoms. The van der Waals surface area contributed by atoms with Crippen LogP contribution in [0.4, 0.5) is 0 Å². The molecule has 1 aliphatic rings. The van der Waals surface area contributed by atoms with Crippen molar-refractivity contribution in [1.82, 2.24) is 0 Å². The lowest BCUT2D eigenvalue weighted by atomic mass is 9.96. The first-order valence-electron chi connectivity index (χ1n) is 11.3.